The molecule has 0 aromatic rings. The minimum Gasteiger partial charge on any atom is -0.469 e. The minimum absolute atomic E-state index is 0.248. The third-order valence-corrected chi connectivity index (χ3v) is 3.33. The highest BCUT2D eigenvalue weighted by molar-refractivity contribution is 5.68. The summed E-state index contributed by atoms with van der Waals surface area (Å²) >= 11 is 0. The molecule has 0 amide bonds. The van der Waals surface area contributed by atoms with Crippen molar-refractivity contribution in [3.05, 3.63) is 24.3 Å². The van der Waals surface area contributed by atoms with Gasteiger partial charge in [-0.25, -0.2) is 0 Å². The summed E-state index contributed by atoms with van der Waals surface area (Å²) < 4.78 is 19.6. The van der Waals surface area contributed by atoms with Gasteiger partial charge in [0, 0.05) is 9.11 Å². The lowest BCUT2D eigenvalue weighted by atomic mass is 10.1. The first kappa shape index (κ1) is 16.3. The van der Waals surface area contributed by atoms with Crippen molar-refractivity contribution in [3.8, 4) is 0 Å². The highest BCUT2D eigenvalue weighted by Crippen LogP contribution is 2.08. The van der Waals surface area contributed by atoms with Crippen LogP contribution in [0.15, 0.2) is 24.3 Å². The standard InChI is InChI=1S/C19H34O2/c1-3-4-5-6-7-8-9-10-11-12-13-14-15-16-17-18-19(20)21-2/h7-8,10-11H,3-6,9,12-18H2,1-2H3/b8-7-,11-10-/i18D2. The van der Waals surface area contributed by atoms with Crippen molar-refractivity contribution in [2.24, 2.45) is 0 Å². The average molecular weight is 296 g/mol. The lowest BCUT2D eigenvalue weighted by Gasteiger charge is -1.99. The summed E-state index contributed by atoms with van der Waals surface area (Å²) in [4.78, 5) is 11.2. The molecular weight excluding hydrogens is 260 g/mol. The molecule has 0 unspecified atom stereocenters. The van der Waals surface area contributed by atoms with Gasteiger partial charge in [0.15, 0.2) is 0 Å². The Morgan fingerprint density at radius 1 is 0.905 bits per heavy atom. The molecule has 0 spiro atoms. The maximum absolute atomic E-state index is 11.2. The molecule has 0 radical (unpaired) electrons. The summed E-state index contributed by atoms with van der Waals surface area (Å²) in [6.45, 7) is 2.22. The highest BCUT2D eigenvalue weighted by Gasteiger charge is 1.98. The van der Waals surface area contributed by atoms with Crippen molar-refractivity contribution in [2.45, 2.75) is 83.9 Å². The van der Waals surface area contributed by atoms with E-state index in [0.29, 0.717) is 0 Å². The highest BCUT2D eigenvalue weighted by atomic mass is 16.5. The molecule has 2 nitrogen and oxygen atoms in total. The molecule has 0 saturated carbocycles. The fraction of sp³-hybridized carbons (Fsp3) is 0.737. The van der Waals surface area contributed by atoms with Crippen LogP contribution in [0.5, 0.6) is 0 Å². The Morgan fingerprint density at radius 3 is 2.10 bits per heavy atom. The molecule has 0 heterocycles. The number of hydrogen-bond acceptors (Lipinski definition) is 2. The van der Waals surface area contributed by atoms with Crippen molar-refractivity contribution in [1.82, 2.24) is 0 Å². The Kier molecular flexibility index (Phi) is 13.2. The van der Waals surface area contributed by atoms with Crippen molar-refractivity contribution in [2.75, 3.05) is 7.11 Å². The van der Waals surface area contributed by atoms with E-state index in [4.69, 9.17) is 2.74 Å². The maximum Gasteiger partial charge on any atom is 0.305 e. The van der Waals surface area contributed by atoms with Crippen LogP contribution in [0, 0.1) is 0 Å². The molecule has 0 aliphatic rings. The van der Waals surface area contributed by atoms with Gasteiger partial charge < -0.3 is 4.74 Å². The van der Waals surface area contributed by atoms with Crippen molar-refractivity contribution < 1.29 is 12.3 Å². The van der Waals surface area contributed by atoms with E-state index in [-0.39, 0.29) is 6.42 Å². The molecule has 0 atom stereocenters. The van der Waals surface area contributed by atoms with E-state index in [1.54, 1.807) is 0 Å². The molecule has 0 aromatic heterocycles. The van der Waals surface area contributed by atoms with E-state index in [1.165, 1.54) is 32.8 Å². The van der Waals surface area contributed by atoms with Crippen LogP contribution in [0.4, 0.5) is 0 Å². The Morgan fingerprint density at radius 2 is 1.48 bits per heavy atom. The molecule has 0 bridgehead atoms. The number of unbranched alkanes of at least 4 members (excludes halogenated alkanes) is 7. The van der Waals surface area contributed by atoms with Gasteiger partial charge in [0.05, 0.1) is 7.11 Å². The van der Waals surface area contributed by atoms with Gasteiger partial charge in [-0.1, -0.05) is 63.3 Å². The van der Waals surface area contributed by atoms with Gasteiger partial charge in [-0.15, -0.1) is 0 Å². The fourth-order valence-corrected chi connectivity index (χ4v) is 2.02. The van der Waals surface area contributed by atoms with Crippen LogP contribution in [0.25, 0.3) is 0 Å². The first-order valence-electron chi connectivity index (χ1n) is 9.43. The fourth-order valence-electron chi connectivity index (χ4n) is 2.02. The minimum atomic E-state index is -1.84. The maximum atomic E-state index is 11.2. The van der Waals surface area contributed by atoms with E-state index in [1.807, 2.05) is 0 Å². The second kappa shape index (κ2) is 17.0. The number of esters is 1. The lowest BCUT2D eigenvalue weighted by Crippen LogP contribution is -1.98. The number of allylic oxidation sites excluding steroid dienone is 4. The molecule has 0 N–H and O–H groups in total. The van der Waals surface area contributed by atoms with Crippen LogP contribution in [0.2, 0.25) is 0 Å². The van der Waals surface area contributed by atoms with E-state index in [2.05, 4.69) is 36.0 Å². The SMILES string of the molecule is [2H]C([2H])(CCCCCC/C=C\C/C=C\CCCCC)C(=O)OC. The summed E-state index contributed by atoms with van der Waals surface area (Å²) in [5, 5.41) is 0. The van der Waals surface area contributed by atoms with E-state index in [9.17, 15) is 4.79 Å². The zero-order valence-corrected chi connectivity index (χ0v) is 13.9. The second-order valence-electron chi connectivity index (χ2n) is 5.30. The monoisotopic (exact) mass is 296 g/mol. The van der Waals surface area contributed by atoms with E-state index < -0.39 is 12.3 Å². The van der Waals surface area contributed by atoms with Gasteiger partial charge in [0.1, 0.15) is 0 Å². The van der Waals surface area contributed by atoms with Crippen molar-refractivity contribution in [1.29, 1.82) is 0 Å². The third kappa shape index (κ3) is 16.9. The number of hydrogen-bond donors (Lipinski definition) is 0. The van der Waals surface area contributed by atoms with Gasteiger partial charge in [-0.3, -0.25) is 4.79 Å². The zero-order chi connectivity index (χ0) is 17.4. The Hall–Kier alpha value is -1.05. The van der Waals surface area contributed by atoms with Crippen LogP contribution >= 0.6 is 0 Å². The van der Waals surface area contributed by atoms with Gasteiger partial charge in [0.25, 0.3) is 0 Å². The molecule has 0 aliphatic heterocycles. The molecule has 122 valence electrons. The zero-order valence-electron chi connectivity index (χ0n) is 15.9. The van der Waals surface area contributed by atoms with Crippen LogP contribution < -0.4 is 0 Å². The third-order valence-electron chi connectivity index (χ3n) is 3.33. The average Bonchev–Trinajstić information content (AvgIpc) is 2.54. The van der Waals surface area contributed by atoms with E-state index >= 15 is 0 Å². The molecule has 0 aliphatic carbocycles. The van der Waals surface area contributed by atoms with Crippen LogP contribution in [-0.4, -0.2) is 13.1 Å². The molecule has 2 heteroatoms. The summed E-state index contributed by atoms with van der Waals surface area (Å²) in [5.41, 5.74) is 0. The Balaban J connectivity index is 3.45. The first-order valence-corrected chi connectivity index (χ1v) is 8.43. The van der Waals surface area contributed by atoms with Gasteiger partial charge in [0.2, 0.25) is 0 Å². The molecule has 0 rings (SSSR count). The number of ether oxygens (including phenoxy) is 1. The quantitative estimate of drug-likeness (QED) is 0.224. The van der Waals surface area contributed by atoms with Crippen molar-refractivity contribution in [3.63, 3.8) is 0 Å². The Bertz CT molecular complexity index is 349. The first-order chi connectivity index (χ1) is 11.0. The number of carbonyl (C=O) groups is 1. The van der Waals surface area contributed by atoms with Gasteiger partial charge in [-0.2, -0.15) is 0 Å². The van der Waals surface area contributed by atoms with Crippen LogP contribution in [-0.2, 0) is 9.53 Å². The summed E-state index contributed by atoms with van der Waals surface area (Å²) in [5.74, 6) is -0.761. The predicted molar refractivity (Wildman–Crippen MR) is 91.4 cm³/mol. The molecule has 21 heavy (non-hydrogen) atoms. The topological polar surface area (TPSA) is 26.3 Å². The number of methoxy groups -OCH3 is 1. The largest absolute Gasteiger partial charge is 0.469 e. The molecule has 0 fully saturated rings. The number of rotatable bonds is 14. The van der Waals surface area contributed by atoms with Gasteiger partial charge in [-0.05, 0) is 38.5 Å². The molecule has 0 saturated heterocycles. The molecular formula is C19H34O2. The van der Waals surface area contributed by atoms with Crippen LogP contribution in [0.3, 0.4) is 0 Å². The van der Waals surface area contributed by atoms with Crippen LogP contribution in [0.1, 0.15) is 86.7 Å². The second-order valence-corrected chi connectivity index (χ2v) is 5.30. The smallest absolute Gasteiger partial charge is 0.305 e. The van der Waals surface area contributed by atoms with Gasteiger partial charge >= 0.3 is 5.97 Å². The summed E-state index contributed by atoms with van der Waals surface area (Å²) in [6, 6.07) is 0. The summed E-state index contributed by atoms with van der Waals surface area (Å²) in [6.07, 6.45) is 18.4. The normalized spacial score (nSPS) is 13.6. The van der Waals surface area contributed by atoms with Crippen molar-refractivity contribution >= 4 is 5.97 Å². The number of carbonyl (C=O) groups excluding carboxylic acids is 1. The summed E-state index contributed by atoms with van der Waals surface area (Å²) in [7, 11) is 1.23. The Labute approximate surface area is 134 Å². The predicted octanol–water partition coefficient (Wildman–Crippen LogP) is 5.97. The lowest BCUT2D eigenvalue weighted by molar-refractivity contribution is -0.140. The molecule has 0 aromatic carbocycles. The van der Waals surface area contributed by atoms with E-state index in [0.717, 1.165) is 38.5 Å².